The third-order valence-corrected chi connectivity index (χ3v) is 6.80. The lowest BCUT2D eigenvalue weighted by atomic mass is 10.1. The molecule has 0 aliphatic carbocycles. The molecule has 1 aliphatic rings. The summed E-state index contributed by atoms with van der Waals surface area (Å²) in [5.74, 6) is 0.372. The van der Waals surface area contributed by atoms with Crippen molar-refractivity contribution < 1.29 is 17.9 Å². The number of aryl methyl sites for hydroxylation is 1. The highest BCUT2D eigenvalue weighted by Crippen LogP contribution is 2.20. The number of carbonyl (C=O) groups excluding carboxylic acids is 1. The summed E-state index contributed by atoms with van der Waals surface area (Å²) in [5.41, 5.74) is 0. The van der Waals surface area contributed by atoms with E-state index in [1.807, 2.05) is 11.4 Å². The second-order valence-electron chi connectivity index (χ2n) is 5.92. The summed E-state index contributed by atoms with van der Waals surface area (Å²) in [7, 11) is -1.35. The fourth-order valence-electron chi connectivity index (χ4n) is 2.92. The van der Waals surface area contributed by atoms with Crippen LogP contribution < -0.4 is 0 Å². The number of carbonyl (C=O) groups is 1. The van der Waals surface area contributed by atoms with Gasteiger partial charge in [-0.15, -0.1) is 11.3 Å². The third-order valence-electron chi connectivity index (χ3n) is 4.11. The molecule has 130 valence electrons. The van der Waals surface area contributed by atoms with Crippen molar-refractivity contribution >= 4 is 27.1 Å². The summed E-state index contributed by atoms with van der Waals surface area (Å²) >= 11 is 1.70. The van der Waals surface area contributed by atoms with Gasteiger partial charge >= 0.3 is 0 Å². The molecule has 0 N–H and O–H groups in total. The van der Waals surface area contributed by atoms with Crippen molar-refractivity contribution in [1.82, 2.24) is 4.90 Å². The third kappa shape index (κ3) is 5.90. The molecule has 0 radical (unpaired) electrons. The number of thiophene rings is 1. The van der Waals surface area contributed by atoms with Gasteiger partial charge in [0.15, 0.2) is 9.84 Å². The molecule has 0 saturated carbocycles. The molecule has 0 spiro atoms. The SMILES string of the molecule is COCCCN(C(=O)CCCc1cccs1)C1CCS(=O)(=O)C1. The Bertz CT molecular complexity index is 583. The Kier molecular flexibility index (Phi) is 7.05. The Hall–Kier alpha value is -0.920. The Morgan fingerprint density at radius 2 is 2.26 bits per heavy atom. The monoisotopic (exact) mass is 359 g/mol. The van der Waals surface area contributed by atoms with Crippen LogP contribution in [0.15, 0.2) is 17.5 Å². The minimum atomic E-state index is -2.98. The Labute approximate surface area is 142 Å². The first-order chi connectivity index (χ1) is 11.0. The van der Waals surface area contributed by atoms with Gasteiger partial charge in [-0.1, -0.05) is 6.07 Å². The van der Waals surface area contributed by atoms with Gasteiger partial charge in [-0.25, -0.2) is 8.42 Å². The molecule has 1 saturated heterocycles. The number of hydrogen-bond donors (Lipinski definition) is 0. The van der Waals surface area contributed by atoms with Crippen LogP contribution in [-0.2, 0) is 25.8 Å². The number of amides is 1. The van der Waals surface area contributed by atoms with Crippen molar-refractivity contribution in [3.63, 3.8) is 0 Å². The van der Waals surface area contributed by atoms with Gasteiger partial charge in [0.25, 0.3) is 0 Å². The number of hydrogen-bond acceptors (Lipinski definition) is 5. The van der Waals surface area contributed by atoms with E-state index >= 15 is 0 Å². The first-order valence-electron chi connectivity index (χ1n) is 8.03. The normalized spacial score (nSPS) is 19.8. The first-order valence-corrected chi connectivity index (χ1v) is 10.7. The van der Waals surface area contributed by atoms with Crippen LogP contribution in [0.5, 0.6) is 0 Å². The molecule has 1 unspecified atom stereocenters. The quantitative estimate of drug-likeness (QED) is 0.634. The van der Waals surface area contributed by atoms with Gasteiger partial charge in [0.1, 0.15) is 0 Å². The van der Waals surface area contributed by atoms with E-state index in [1.165, 1.54) is 4.88 Å². The second-order valence-corrected chi connectivity index (χ2v) is 9.18. The molecule has 7 heteroatoms. The molecule has 1 atom stereocenters. The van der Waals surface area contributed by atoms with Gasteiger partial charge < -0.3 is 9.64 Å². The largest absolute Gasteiger partial charge is 0.385 e. The Morgan fingerprint density at radius 1 is 1.43 bits per heavy atom. The molecule has 23 heavy (non-hydrogen) atoms. The molecule has 1 aromatic rings. The minimum absolute atomic E-state index is 0.0692. The van der Waals surface area contributed by atoms with Gasteiger partial charge in [-0.2, -0.15) is 0 Å². The molecule has 1 aliphatic heterocycles. The van der Waals surface area contributed by atoms with Crippen LogP contribution in [0, 0.1) is 0 Å². The zero-order valence-corrected chi connectivity index (χ0v) is 15.2. The van der Waals surface area contributed by atoms with Crippen molar-refractivity contribution in [3.8, 4) is 0 Å². The lowest BCUT2D eigenvalue weighted by molar-refractivity contribution is -0.133. The molecule has 2 heterocycles. The highest BCUT2D eigenvalue weighted by atomic mass is 32.2. The molecule has 0 bridgehead atoms. The average Bonchev–Trinajstić information content (AvgIpc) is 3.13. The van der Waals surface area contributed by atoms with Crippen LogP contribution in [-0.4, -0.2) is 57.0 Å². The summed E-state index contributed by atoms with van der Waals surface area (Å²) in [6, 6.07) is 3.93. The predicted molar refractivity (Wildman–Crippen MR) is 92.5 cm³/mol. The predicted octanol–water partition coefficient (Wildman–Crippen LogP) is 2.12. The van der Waals surface area contributed by atoms with Crippen LogP contribution in [0.2, 0.25) is 0 Å². The van der Waals surface area contributed by atoms with E-state index in [1.54, 1.807) is 23.3 Å². The van der Waals surface area contributed by atoms with Crippen molar-refractivity contribution in [2.24, 2.45) is 0 Å². The van der Waals surface area contributed by atoms with Gasteiger partial charge in [-0.05, 0) is 37.1 Å². The number of nitrogens with zero attached hydrogens (tertiary/aromatic N) is 1. The van der Waals surface area contributed by atoms with E-state index in [9.17, 15) is 13.2 Å². The second kappa shape index (κ2) is 8.80. The fourth-order valence-corrected chi connectivity index (χ4v) is 5.41. The molecule has 5 nitrogen and oxygen atoms in total. The summed E-state index contributed by atoms with van der Waals surface area (Å²) in [6.07, 6.45) is 3.48. The highest BCUT2D eigenvalue weighted by Gasteiger charge is 2.34. The van der Waals surface area contributed by atoms with Gasteiger partial charge in [-0.3, -0.25) is 4.79 Å². The molecule has 1 amide bonds. The van der Waals surface area contributed by atoms with E-state index in [-0.39, 0.29) is 23.5 Å². The molecular formula is C16H25NO4S2. The lowest BCUT2D eigenvalue weighted by Crippen LogP contribution is -2.42. The van der Waals surface area contributed by atoms with Crippen molar-refractivity contribution in [2.75, 3.05) is 31.8 Å². The van der Waals surface area contributed by atoms with Crippen LogP contribution in [0.25, 0.3) is 0 Å². The fraction of sp³-hybridized carbons (Fsp3) is 0.688. The Morgan fingerprint density at radius 3 is 2.87 bits per heavy atom. The number of ether oxygens (including phenoxy) is 1. The van der Waals surface area contributed by atoms with Gasteiger partial charge in [0.2, 0.25) is 5.91 Å². The number of rotatable bonds is 9. The van der Waals surface area contributed by atoms with E-state index in [4.69, 9.17) is 4.74 Å². The molecular weight excluding hydrogens is 334 g/mol. The summed E-state index contributed by atoms with van der Waals surface area (Å²) in [6.45, 7) is 1.16. The smallest absolute Gasteiger partial charge is 0.222 e. The topological polar surface area (TPSA) is 63.7 Å². The standard InChI is InChI=1S/C16H25NO4S2/c1-21-10-4-9-17(14-8-12-23(19,20)13-14)16(18)7-2-5-15-6-3-11-22-15/h3,6,11,14H,2,4-5,7-10,12-13H2,1H3. The van der Waals surface area contributed by atoms with Crippen LogP contribution in [0.1, 0.15) is 30.6 Å². The molecule has 1 aromatic heterocycles. The average molecular weight is 360 g/mol. The maximum Gasteiger partial charge on any atom is 0.222 e. The van der Waals surface area contributed by atoms with Crippen molar-refractivity contribution in [3.05, 3.63) is 22.4 Å². The van der Waals surface area contributed by atoms with E-state index in [0.29, 0.717) is 26.0 Å². The van der Waals surface area contributed by atoms with Crippen molar-refractivity contribution in [2.45, 2.75) is 38.1 Å². The van der Waals surface area contributed by atoms with Crippen LogP contribution in [0.3, 0.4) is 0 Å². The molecule has 0 aromatic carbocycles. The summed E-state index contributed by atoms with van der Waals surface area (Å²) in [4.78, 5) is 15.6. The van der Waals surface area contributed by atoms with E-state index in [0.717, 1.165) is 19.3 Å². The van der Waals surface area contributed by atoms with Crippen LogP contribution >= 0.6 is 11.3 Å². The van der Waals surface area contributed by atoms with Crippen molar-refractivity contribution in [1.29, 1.82) is 0 Å². The maximum atomic E-state index is 12.6. The number of methoxy groups -OCH3 is 1. The molecule has 1 fully saturated rings. The lowest BCUT2D eigenvalue weighted by Gasteiger charge is -2.28. The highest BCUT2D eigenvalue weighted by molar-refractivity contribution is 7.91. The summed E-state index contributed by atoms with van der Waals surface area (Å²) in [5, 5.41) is 2.04. The van der Waals surface area contributed by atoms with E-state index in [2.05, 4.69) is 6.07 Å². The van der Waals surface area contributed by atoms with Crippen LogP contribution in [0.4, 0.5) is 0 Å². The first kappa shape index (κ1) is 18.4. The zero-order valence-electron chi connectivity index (χ0n) is 13.6. The van der Waals surface area contributed by atoms with E-state index < -0.39 is 9.84 Å². The summed E-state index contributed by atoms with van der Waals surface area (Å²) < 4.78 is 28.5. The molecule has 2 rings (SSSR count). The maximum absolute atomic E-state index is 12.6. The van der Waals surface area contributed by atoms with Gasteiger partial charge in [0, 0.05) is 37.6 Å². The minimum Gasteiger partial charge on any atom is -0.385 e. The number of sulfone groups is 1. The zero-order chi connectivity index (χ0) is 16.7. The van der Waals surface area contributed by atoms with Gasteiger partial charge in [0.05, 0.1) is 11.5 Å². The Balaban J connectivity index is 1.88.